The van der Waals surface area contributed by atoms with Gasteiger partial charge in [0.15, 0.2) is 0 Å². The molecule has 0 saturated carbocycles. The van der Waals surface area contributed by atoms with Crippen LogP contribution in [0.1, 0.15) is 0 Å². The van der Waals surface area contributed by atoms with Gasteiger partial charge in [-0.2, -0.15) is 0 Å². The quantitative estimate of drug-likeness (QED) is 0.155. The minimum Gasteiger partial charge on any atom is -0.309 e. The van der Waals surface area contributed by atoms with Crippen molar-refractivity contribution in [3.63, 3.8) is 0 Å². The SMILES string of the molecule is Ic1ccc2c(c1)c1cc(I)ccc1n2-c1ccc2c(c1)c1cc(I)ccc1n2-c1ccccc1. The van der Waals surface area contributed by atoms with Crippen LogP contribution in [0.25, 0.3) is 55.0 Å². The predicted molar refractivity (Wildman–Crippen MR) is 173 cm³/mol. The fourth-order valence-corrected chi connectivity index (χ4v) is 6.70. The number of fused-ring (bicyclic) bond motifs is 6. The fraction of sp³-hybridized carbons (Fsp3) is 0. The van der Waals surface area contributed by atoms with Gasteiger partial charge in [-0.1, -0.05) is 18.2 Å². The highest BCUT2D eigenvalue weighted by atomic mass is 127. The van der Waals surface area contributed by atoms with E-state index in [4.69, 9.17) is 0 Å². The second-order valence-corrected chi connectivity index (χ2v) is 12.4. The molecule has 5 heteroatoms. The van der Waals surface area contributed by atoms with Crippen molar-refractivity contribution in [2.75, 3.05) is 0 Å². The largest absolute Gasteiger partial charge is 0.309 e. The molecule has 0 fully saturated rings. The minimum absolute atomic E-state index is 1.18. The lowest BCUT2D eigenvalue weighted by Crippen LogP contribution is -1.95. The van der Waals surface area contributed by atoms with Gasteiger partial charge in [0.2, 0.25) is 0 Å². The average molecular weight is 786 g/mol. The number of nitrogens with zero attached hydrogens (tertiary/aromatic N) is 2. The summed E-state index contributed by atoms with van der Waals surface area (Å²) in [4.78, 5) is 0. The summed E-state index contributed by atoms with van der Waals surface area (Å²) in [6.07, 6.45) is 0. The highest BCUT2D eigenvalue weighted by Gasteiger charge is 2.17. The Balaban J connectivity index is 1.59. The first-order valence-electron chi connectivity index (χ1n) is 11.3. The van der Waals surface area contributed by atoms with Crippen LogP contribution in [0.5, 0.6) is 0 Å². The van der Waals surface area contributed by atoms with Gasteiger partial charge >= 0.3 is 0 Å². The number of hydrogen-bond donors (Lipinski definition) is 0. The van der Waals surface area contributed by atoms with Gasteiger partial charge in [0, 0.05) is 43.6 Å². The zero-order chi connectivity index (χ0) is 23.7. The van der Waals surface area contributed by atoms with Gasteiger partial charge in [-0.15, -0.1) is 0 Å². The molecular weight excluding hydrogens is 769 g/mol. The number of benzene rings is 5. The van der Waals surface area contributed by atoms with Crippen LogP contribution in [0.4, 0.5) is 0 Å². The maximum absolute atomic E-state index is 2.42. The van der Waals surface area contributed by atoms with E-state index >= 15 is 0 Å². The molecule has 5 aromatic carbocycles. The van der Waals surface area contributed by atoms with Crippen molar-refractivity contribution in [2.24, 2.45) is 0 Å². The highest BCUT2D eigenvalue weighted by molar-refractivity contribution is 14.1. The van der Waals surface area contributed by atoms with E-state index in [1.54, 1.807) is 0 Å². The van der Waals surface area contributed by atoms with E-state index in [1.807, 2.05) is 0 Å². The fourth-order valence-electron chi connectivity index (χ4n) is 5.22. The Morgan fingerprint density at radius 1 is 0.371 bits per heavy atom. The van der Waals surface area contributed by atoms with E-state index in [0.29, 0.717) is 0 Å². The molecule has 7 aromatic rings. The molecule has 0 bridgehead atoms. The van der Waals surface area contributed by atoms with Crippen LogP contribution in [-0.2, 0) is 0 Å². The molecule has 2 nitrogen and oxygen atoms in total. The molecule has 7 rings (SSSR count). The highest BCUT2D eigenvalue weighted by Crippen LogP contribution is 2.38. The van der Waals surface area contributed by atoms with Crippen molar-refractivity contribution in [2.45, 2.75) is 0 Å². The Bertz CT molecular complexity index is 1870. The normalized spacial score (nSPS) is 11.9. The van der Waals surface area contributed by atoms with E-state index in [1.165, 1.54) is 65.7 Å². The summed E-state index contributed by atoms with van der Waals surface area (Å²) >= 11 is 7.24. The third kappa shape index (κ3) is 3.53. The van der Waals surface area contributed by atoms with E-state index in [0.717, 1.165) is 0 Å². The van der Waals surface area contributed by atoms with Gasteiger partial charge in [0.1, 0.15) is 0 Å². The molecule has 2 aromatic heterocycles. The van der Waals surface area contributed by atoms with Crippen molar-refractivity contribution >= 4 is 111 Å². The molecular formula is C30H17I3N2. The average Bonchev–Trinajstić information content (AvgIpc) is 3.36. The summed E-state index contributed by atoms with van der Waals surface area (Å²) in [6, 6.07) is 37.8. The summed E-state index contributed by atoms with van der Waals surface area (Å²) in [5.41, 5.74) is 7.30. The summed E-state index contributed by atoms with van der Waals surface area (Å²) in [7, 11) is 0. The second-order valence-electron chi connectivity index (χ2n) is 8.69. The molecule has 2 heterocycles. The van der Waals surface area contributed by atoms with Crippen LogP contribution in [0, 0.1) is 10.7 Å². The first kappa shape index (κ1) is 22.1. The molecule has 0 unspecified atom stereocenters. The maximum atomic E-state index is 2.42. The van der Waals surface area contributed by atoms with E-state index in [9.17, 15) is 0 Å². The van der Waals surface area contributed by atoms with Crippen molar-refractivity contribution in [3.8, 4) is 11.4 Å². The molecule has 35 heavy (non-hydrogen) atoms. The topological polar surface area (TPSA) is 9.86 Å². The van der Waals surface area contributed by atoms with Crippen LogP contribution in [0.2, 0.25) is 0 Å². The molecule has 0 N–H and O–H groups in total. The summed E-state index contributed by atoms with van der Waals surface area (Å²) in [5.74, 6) is 0. The molecule has 168 valence electrons. The van der Waals surface area contributed by atoms with Crippen molar-refractivity contribution in [1.29, 1.82) is 0 Å². The third-order valence-corrected chi connectivity index (χ3v) is 8.69. The first-order chi connectivity index (χ1) is 17.1. The lowest BCUT2D eigenvalue weighted by molar-refractivity contribution is 1.16. The van der Waals surface area contributed by atoms with Crippen molar-refractivity contribution in [1.82, 2.24) is 9.13 Å². The lowest BCUT2D eigenvalue weighted by Gasteiger charge is -2.10. The molecule has 0 spiro atoms. The van der Waals surface area contributed by atoms with E-state index in [-0.39, 0.29) is 0 Å². The van der Waals surface area contributed by atoms with Gasteiger partial charge in [0.25, 0.3) is 0 Å². The van der Waals surface area contributed by atoms with Crippen LogP contribution < -0.4 is 0 Å². The maximum Gasteiger partial charge on any atom is 0.0542 e. The van der Waals surface area contributed by atoms with Gasteiger partial charge in [-0.3, -0.25) is 0 Å². The molecule has 0 amide bonds. The molecule has 0 aliphatic carbocycles. The minimum atomic E-state index is 1.18. The zero-order valence-corrected chi connectivity index (χ0v) is 24.8. The molecule has 0 saturated heterocycles. The number of aromatic nitrogens is 2. The monoisotopic (exact) mass is 786 g/mol. The van der Waals surface area contributed by atoms with Crippen LogP contribution in [-0.4, -0.2) is 9.13 Å². The molecule has 0 aliphatic heterocycles. The predicted octanol–water partition coefficient (Wildman–Crippen LogP) is 9.69. The third-order valence-electron chi connectivity index (χ3n) is 6.67. The number of halogens is 3. The van der Waals surface area contributed by atoms with Gasteiger partial charge in [-0.05, 0) is 153 Å². The first-order valence-corrected chi connectivity index (χ1v) is 14.5. The summed E-state index contributed by atoms with van der Waals surface area (Å²) in [5, 5.41) is 5.15. The van der Waals surface area contributed by atoms with Gasteiger partial charge < -0.3 is 9.13 Å². The Labute approximate surface area is 243 Å². The zero-order valence-electron chi connectivity index (χ0n) is 18.3. The standard InChI is InChI=1S/C30H17I3N2/c31-18-7-11-28-23(14-18)24-15-19(32)8-12-29(24)35(28)22-9-13-30-26(17-22)25-16-20(33)6-10-27(25)34(30)21-4-2-1-3-5-21/h1-17H. The Kier molecular flexibility index (Phi) is 5.36. The number of rotatable bonds is 2. The Morgan fingerprint density at radius 2 is 0.771 bits per heavy atom. The van der Waals surface area contributed by atoms with Crippen molar-refractivity contribution < 1.29 is 0 Å². The van der Waals surface area contributed by atoms with E-state index in [2.05, 4.69) is 180 Å². The number of hydrogen-bond acceptors (Lipinski definition) is 0. The lowest BCUT2D eigenvalue weighted by atomic mass is 10.1. The summed E-state index contributed by atoms with van der Waals surface area (Å²) in [6.45, 7) is 0. The van der Waals surface area contributed by atoms with E-state index < -0.39 is 0 Å². The smallest absolute Gasteiger partial charge is 0.0542 e. The van der Waals surface area contributed by atoms with Gasteiger partial charge in [-0.25, -0.2) is 0 Å². The van der Waals surface area contributed by atoms with Gasteiger partial charge in [0.05, 0.1) is 22.1 Å². The van der Waals surface area contributed by atoms with Crippen LogP contribution >= 0.6 is 67.8 Å². The van der Waals surface area contributed by atoms with Crippen LogP contribution in [0.15, 0.2) is 103 Å². The van der Waals surface area contributed by atoms with Crippen molar-refractivity contribution in [3.05, 3.63) is 114 Å². The molecule has 0 radical (unpaired) electrons. The summed E-state index contributed by atoms with van der Waals surface area (Å²) < 4.78 is 8.54. The molecule has 0 aliphatic rings. The second kappa shape index (κ2) is 8.48. The van der Waals surface area contributed by atoms with Crippen LogP contribution in [0.3, 0.4) is 0 Å². The Morgan fingerprint density at radius 3 is 1.26 bits per heavy atom. The number of para-hydroxylation sites is 1. The molecule has 0 atom stereocenters. The Hall–Kier alpha value is -2.11.